The Kier molecular flexibility index (Phi) is 3.57. The molecule has 0 radical (unpaired) electrons. The van der Waals surface area contributed by atoms with Gasteiger partial charge in [0.05, 0.1) is 34.7 Å². The van der Waals surface area contributed by atoms with Gasteiger partial charge in [-0.1, -0.05) is 36.0 Å². The SMILES string of the molecule is N#Cc1ccc(-c2nc3n(c2-c2ccc(C#N)cc2)CCS3)cc1. The molecule has 0 N–H and O–H groups in total. The van der Waals surface area contributed by atoms with Crippen LogP contribution in [0.4, 0.5) is 0 Å². The van der Waals surface area contributed by atoms with E-state index in [1.807, 2.05) is 48.5 Å². The highest BCUT2D eigenvalue weighted by Crippen LogP contribution is 2.39. The van der Waals surface area contributed by atoms with Gasteiger partial charge in [-0.15, -0.1) is 0 Å². The molecule has 24 heavy (non-hydrogen) atoms. The van der Waals surface area contributed by atoms with Crippen LogP contribution in [-0.2, 0) is 6.54 Å². The van der Waals surface area contributed by atoms with E-state index >= 15 is 0 Å². The fraction of sp³-hybridized carbons (Fsp3) is 0.105. The Morgan fingerprint density at radius 3 is 2.04 bits per heavy atom. The summed E-state index contributed by atoms with van der Waals surface area (Å²) in [5, 5.41) is 19.0. The molecular formula is C19H12N4S. The molecule has 0 bridgehead atoms. The summed E-state index contributed by atoms with van der Waals surface area (Å²) >= 11 is 1.75. The maximum Gasteiger partial charge on any atom is 0.169 e. The lowest BCUT2D eigenvalue weighted by molar-refractivity contribution is 0.726. The van der Waals surface area contributed by atoms with E-state index in [9.17, 15) is 0 Å². The Morgan fingerprint density at radius 2 is 1.46 bits per heavy atom. The van der Waals surface area contributed by atoms with Gasteiger partial charge in [-0.2, -0.15) is 10.5 Å². The van der Waals surface area contributed by atoms with E-state index in [0.717, 1.165) is 40.0 Å². The third-order valence-electron chi connectivity index (χ3n) is 4.05. The van der Waals surface area contributed by atoms with Crippen LogP contribution in [0.25, 0.3) is 22.5 Å². The molecule has 114 valence electrons. The zero-order valence-corrected chi connectivity index (χ0v) is 13.5. The minimum atomic E-state index is 0.639. The fourth-order valence-electron chi connectivity index (χ4n) is 2.88. The summed E-state index contributed by atoms with van der Waals surface area (Å²) in [6, 6.07) is 19.4. The van der Waals surface area contributed by atoms with Gasteiger partial charge < -0.3 is 4.57 Å². The van der Waals surface area contributed by atoms with Crippen LogP contribution < -0.4 is 0 Å². The minimum Gasteiger partial charge on any atom is -0.318 e. The molecule has 0 spiro atoms. The maximum absolute atomic E-state index is 9.00. The van der Waals surface area contributed by atoms with Crippen molar-refractivity contribution in [2.24, 2.45) is 0 Å². The summed E-state index contributed by atoms with van der Waals surface area (Å²) < 4.78 is 2.24. The molecule has 0 aliphatic carbocycles. The first kappa shape index (κ1) is 14.6. The zero-order valence-electron chi connectivity index (χ0n) is 12.7. The molecule has 0 fully saturated rings. The number of fused-ring (bicyclic) bond motifs is 1. The molecule has 4 rings (SSSR count). The lowest BCUT2D eigenvalue weighted by Gasteiger charge is -2.08. The first-order valence-corrected chi connectivity index (χ1v) is 8.53. The molecule has 0 atom stereocenters. The monoisotopic (exact) mass is 328 g/mol. The van der Waals surface area contributed by atoms with Crippen LogP contribution >= 0.6 is 11.8 Å². The van der Waals surface area contributed by atoms with E-state index < -0.39 is 0 Å². The molecule has 0 unspecified atom stereocenters. The Morgan fingerprint density at radius 1 is 0.875 bits per heavy atom. The van der Waals surface area contributed by atoms with E-state index in [2.05, 4.69) is 16.7 Å². The summed E-state index contributed by atoms with van der Waals surface area (Å²) in [6.45, 7) is 0.929. The van der Waals surface area contributed by atoms with Crippen molar-refractivity contribution < 1.29 is 0 Å². The number of hydrogen-bond acceptors (Lipinski definition) is 4. The molecule has 0 saturated carbocycles. The van der Waals surface area contributed by atoms with Crippen LogP contribution in [0.2, 0.25) is 0 Å². The average Bonchev–Trinajstić information content (AvgIpc) is 3.23. The molecule has 1 aliphatic heterocycles. The number of benzene rings is 2. The molecule has 1 aliphatic rings. The van der Waals surface area contributed by atoms with Crippen molar-refractivity contribution in [3.05, 3.63) is 59.7 Å². The molecule has 5 heteroatoms. The fourth-order valence-corrected chi connectivity index (χ4v) is 3.83. The molecule has 1 aromatic heterocycles. The van der Waals surface area contributed by atoms with Gasteiger partial charge in [0.25, 0.3) is 0 Å². The van der Waals surface area contributed by atoms with Crippen LogP contribution in [0.15, 0.2) is 53.7 Å². The van der Waals surface area contributed by atoms with Gasteiger partial charge in [-0.05, 0) is 24.3 Å². The molecule has 2 heterocycles. The topological polar surface area (TPSA) is 65.4 Å². The van der Waals surface area contributed by atoms with Crippen LogP contribution in [0, 0.1) is 22.7 Å². The number of nitrogens with zero attached hydrogens (tertiary/aromatic N) is 4. The number of rotatable bonds is 2. The second kappa shape index (κ2) is 5.88. The van der Waals surface area contributed by atoms with Gasteiger partial charge in [-0.3, -0.25) is 0 Å². The summed E-state index contributed by atoms with van der Waals surface area (Å²) in [5.41, 5.74) is 5.33. The maximum atomic E-state index is 9.00. The van der Waals surface area contributed by atoms with Gasteiger partial charge in [0.2, 0.25) is 0 Å². The number of nitriles is 2. The van der Waals surface area contributed by atoms with Gasteiger partial charge in [0, 0.05) is 23.4 Å². The van der Waals surface area contributed by atoms with Crippen LogP contribution in [0.1, 0.15) is 11.1 Å². The zero-order chi connectivity index (χ0) is 16.5. The third kappa shape index (κ3) is 2.36. The number of thioether (sulfide) groups is 1. The Bertz CT molecular complexity index is 986. The molecule has 3 aromatic rings. The highest BCUT2D eigenvalue weighted by atomic mass is 32.2. The predicted octanol–water partition coefficient (Wildman–Crippen LogP) is 4.07. The molecule has 2 aromatic carbocycles. The van der Waals surface area contributed by atoms with Crippen molar-refractivity contribution in [3.63, 3.8) is 0 Å². The second-order valence-corrected chi connectivity index (χ2v) is 6.53. The average molecular weight is 328 g/mol. The first-order chi connectivity index (χ1) is 11.8. The lowest BCUT2D eigenvalue weighted by Crippen LogP contribution is -1.97. The van der Waals surface area contributed by atoms with E-state index in [1.165, 1.54) is 0 Å². The van der Waals surface area contributed by atoms with Gasteiger partial charge in [-0.25, -0.2) is 4.98 Å². The lowest BCUT2D eigenvalue weighted by atomic mass is 10.0. The molecular weight excluding hydrogens is 316 g/mol. The summed E-state index contributed by atoms with van der Waals surface area (Å²) in [5.74, 6) is 1.03. The molecule has 0 saturated heterocycles. The Balaban J connectivity index is 1.88. The van der Waals surface area contributed by atoms with Crippen molar-refractivity contribution in [2.45, 2.75) is 11.7 Å². The van der Waals surface area contributed by atoms with Crippen LogP contribution in [0.5, 0.6) is 0 Å². The van der Waals surface area contributed by atoms with Crippen molar-refractivity contribution in [1.29, 1.82) is 10.5 Å². The number of hydrogen-bond donors (Lipinski definition) is 0. The second-order valence-electron chi connectivity index (χ2n) is 5.47. The highest BCUT2D eigenvalue weighted by Gasteiger charge is 2.23. The van der Waals surface area contributed by atoms with Crippen molar-refractivity contribution in [1.82, 2.24) is 9.55 Å². The molecule has 4 nitrogen and oxygen atoms in total. The summed E-state index contributed by atoms with van der Waals surface area (Å²) in [7, 11) is 0. The van der Waals surface area contributed by atoms with Gasteiger partial charge >= 0.3 is 0 Å². The first-order valence-electron chi connectivity index (χ1n) is 7.54. The quantitative estimate of drug-likeness (QED) is 0.711. The minimum absolute atomic E-state index is 0.639. The normalized spacial score (nSPS) is 12.4. The highest BCUT2D eigenvalue weighted by molar-refractivity contribution is 7.99. The van der Waals surface area contributed by atoms with Crippen LogP contribution in [0.3, 0.4) is 0 Å². The van der Waals surface area contributed by atoms with E-state index in [1.54, 1.807) is 11.8 Å². The van der Waals surface area contributed by atoms with Gasteiger partial charge in [0.15, 0.2) is 5.16 Å². The third-order valence-corrected chi connectivity index (χ3v) is 5.01. The van der Waals surface area contributed by atoms with Gasteiger partial charge in [0.1, 0.15) is 0 Å². The van der Waals surface area contributed by atoms with Crippen molar-refractivity contribution in [3.8, 4) is 34.7 Å². The van der Waals surface area contributed by atoms with E-state index in [0.29, 0.717) is 11.1 Å². The van der Waals surface area contributed by atoms with Crippen molar-refractivity contribution in [2.75, 3.05) is 5.75 Å². The predicted molar refractivity (Wildman–Crippen MR) is 93.3 cm³/mol. The van der Waals surface area contributed by atoms with Crippen molar-refractivity contribution >= 4 is 11.8 Å². The number of aromatic nitrogens is 2. The van der Waals surface area contributed by atoms with E-state index in [-0.39, 0.29) is 0 Å². The standard InChI is InChI=1S/C19H12N4S/c20-11-13-1-5-15(6-2-13)17-18(23-9-10-24-19(23)22-17)16-7-3-14(12-21)4-8-16/h1-8H,9-10H2. The summed E-state index contributed by atoms with van der Waals surface area (Å²) in [4.78, 5) is 4.81. The van der Waals surface area contributed by atoms with Crippen LogP contribution in [-0.4, -0.2) is 15.3 Å². The van der Waals surface area contributed by atoms with E-state index in [4.69, 9.17) is 15.5 Å². The molecule has 0 amide bonds. The number of imidazole rings is 1. The Labute approximate surface area is 144 Å². The smallest absolute Gasteiger partial charge is 0.169 e. The largest absolute Gasteiger partial charge is 0.318 e. The Hall–Kier alpha value is -3.02. The summed E-state index contributed by atoms with van der Waals surface area (Å²) in [6.07, 6.45) is 0.